The van der Waals surface area contributed by atoms with E-state index in [-0.39, 0.29) is 24.4 Å². The van der Waals surface area contributed by atoms with E-state index in [0.717, 1.165) is 24.9 Å². The van der Waals surface area contributed by atoms with Crippen molar-refractivity contribution in [3.63, 3.8) is 0 Å². The van der Waals surface area contributed by atoms with Crippen molar-refractivity contribution in [3.05, 3.63) is 59.4 Å². The lowest BCUT2D eigenvalue weighted by atomic mass is 10.1. The molecule has 1 heterocycles. The zero-order valence-electron chi connectivity index (χ0n) is 14.8. The van der Waals surface area contributed by atoms with Crippen LogP contribution < -0.4 is 15.2 Å². The number of rotatable bonds is 7. The summed E-state index contributed by atoms with van der Waals surface area (Å²) in [6, 6.07) is 11.9. The number of carbonyl (C=O) groups excluding carboxylic acids is 1. The van der Waals surface area contributed by atoms with Crippen molar-refractivity contribution in [2.24, 2.45) is 5.73 Å². The van der Waals surface area contributed by atoms with E-state index in [1.54, 1.807) is 25.3 Å². The summed E-state index contributed by atoms with van der Waals surface area (Å²) in [6.45, 7) is 1.59. The van der Waals surface area contributed by atoms with Gasteiger partial charge in [0.25, 0.3) is 0 Å². The largest absolute Gasteiger partial charge is 0.493 e. The third-order valence-electron chi connectivity index (χ3n) is 4.65. The monoisotopic (exact) mass is 358 g/mol. The van der Waals surface area contributed by atoms with Gasteiger partial charge in [-0.25, -0.2) is 4.39 Å². The van der Waals surface area contributed by atoms with Gasteiger partial charge in [0.05, 0.1) is 13.2 Å². The summed E-state index contributed by atoms with van der Waals surface area (Å²) in [5.74, 6) is 0.551. The molecule has 0 radical (unpaired) electrons. The minimum Gasteiger partial charge on any atom is -0.493 e. The maximum absolute atomic E-state index is 13.7. The lowest BCUT2D eigenvalue weighted by Gasteiger charge is -2.22. The summed E-state index contributed by atoms with van der Waals surface area (Å²) in [4.78, 5) is 13.6. The number of hydrogen-bond acceptors (Lipinski definition) is 4. The van der Waals surface area contributed by atoms with E-state index in [2.05, 4.69) is 4.90 Å². The molecule has 2 N–H and O–H groups in total. The summed E-state index contributed by atoms with van der Waals surface area (Å²) < 4.78 is 24.9. The van der Waals surface area contributed by atoms with Gasteiger partial charge in [0.1, 0.15) is 12.4 Å². The number of nitrogens with two attached hydrogens (primary N) is 1. The Morgan fingerprint density at radius 2 is 2.08 bits per heavy atom. The number of halogens is 1. The highest BCUT2D eigenvalue weighted by atomic mass is 19.1. The molecule has 0 aliphatic carbocycles. The van der Waals surface area contributed by atoms with Crippen LogP contribution in [-0.2, 0) is 17.9 Å². The molecule has 6 heteroatoms. The van der Waals surface area contributed by atoms with Crippen molar-refractivity contribution in [2.75, 3.05) is 13.7 Å². The van der Waals surface area contributed by atoms with E-state index in [1.165, 1.54) is 6.07 Å². The summed E-state index contributed by atoms with van der Waals surface area (Å²) in [6.07, 6.45) is 1.77. The Hall–Kier alpha value is -2.60. The van der Waals surface area contributed by atoms with Gasteiger partial charge in [-0.3, -0.25) is 9.69 Å². The average molecular weight is 358 g/mol. The summed E-state index contributed by atoms with van der Waals surface area (Å²) in [5, 5.41) is 0. The van der Waals surface area contributed by atoms with Crippen molar-refractivity contribution in [1.29, 1.82) is 0 Å². The van der Waals surface area contributed by atoms with Gasteiger partial charge in [-0.1, -0.05) is 24.3 Å². The first-order valence-electron chi connectivity index (χ1n) is 8.65. The van der Waals surface area contributed by atoms with Gasteiger partial charge in [0, 0.05) is 12.1 Å². The molecule has 1 aliphatic rings. The lowest BCUT2D eigenvalue weighted by Crippen LogP contribution is -2.39. The molecule has 138 valence electrons. The van der Waals surface area contributed by atoms with Crippen LogP contribution >= 0.6 is 0 Å². The summed E-state index contributed by atoms with van der Waals surface area (Å²) >= 11 is 0. The van der Waals surface area contributed by atoms with Crippen molar-refractivity contribution in [3.8, 4) is 11.5 Å². The van der Waals surface area contributed by atoms with Gasteiger partial charge >= 0.3 is 0 Å². The van der Waals surface area contributed by atoms with Crippen LogP contribution in [0.1, 0.15) is 24.0 Å². The first-order valence-corrected chi connectivity index (χ1v) is 8.65. The van der Waals surface area contributed by atoms with Crippen LogP contribution in [0.4, 0.5) is 4.39 Å². The zero-order chi connectivity index (χ0) is 18.5. The highest BCUT2D eigenvalue weighted by Gasteiger charge is 2.28. The van der Waals surface area contributed by atoms with Crippen LogP contribution in [0.25, 0.3) is 0 Å². The molecule has 2 aromatic rings. The van der Waals surface area contributed by atoms with E-state index in [9.17, 15) is 9.18 Å². The van der Waals surface area contributed by atoms with Crippen molar-refractivity contribution in [2.45, 2.75) is 32.0 Å². The predicted octanol–water partition coefficient (Wildman–Crippen LogP) is 2.86. The van der Waals surface area contributed by atoms with Crippen molar-refractivity contribution >= 4 is 5.91 Å². The molecule has 2 aromatic carbocycles. The SMILES string of the molecule is COc1cc(CN2CCC[C@H]2C(N)=O)ccc1OCc1ccccc1F. The number of ether oxygens (including phenoxy) is 2. The number of benzene rings is 2. The highest BCUT2D eigenvalue weighted by Crippen LogP contribution is 2.30. The minimum atomic E-state index is -0.297. The maximum atomic E-state index is 13.7. The number of likely N-dealkylation sites (tertiary alicyclic amines) is 1. The lowest BCUT2D eigenvalue weighted by molar-refractivity contribution is -0.122. The number of methoxy groups -OCH3 is 1. The standard InChI is InChI=1S/C20H23FN2O3/c1-25-19-11-14(12-23-10-4-7-17(23)20(22)24)8-9-18(19)26-13-15-5-2-3-6-16(15)21/h2-3,5-6,8-9,11,17H,4,7,10,12-13H2,1H3,(H2,22,24)/t17-/m0/s1. The molecule has 0 unspecified atom stereocenters. The van der Waals surface area contributed by atoms with E-state index in [1.807, 2.05) is 18.2 Å². The molecule has 0 aromatic heterocycles. The Morgan fingerprint density at radius 3 is 2.81 bits per heavy atom. The normalized spacial score (nSPS) is 17.2. The van der Waals surface area contributed by atoms with Crippen LogP contribution in [0.3, 0.4) is 0 Å². The molecule has 26 heavy (non-hydrogen) atoms. The molecule has 1 atom stereocenters. The molecule has 0 spiro atoms. The van der Waals surface area contributed by atoms with Crippen LogP contribution in [0.15, 0.2) is 42.5 Å². The Morgan fingerprint density at radius 1 is 1.27 bits per heavy atom. The zero-order valence-corrected chi connectivity index (χ0v) is 14.8. The summed E-state index contributed by atoms with van der Waals surface area (Å²) in [5.41, 5.74) is 6.97. The second-order valence-corrected chi connectivity index (χ2v) is 6.40. The fourth-order valence-corrected chi connectivity index (χ4v) is 3.27. The van der Waals surface area contributed by atoms with Gasteiger partial charge in [0.2, 0.25) is 5.91 Å². The van der Waals surface area contributed by atoms with E-state index >= 15 is 0 Å². The molecule has 1 fully saturated rings. The van der Waals surface area contributed by atoms with Gasteiger partial charge in [-0.15, -0.1) is 0 Å². The van der Waals surface area contributed by atoms with Gasteiger partial charge in [0.15, 0.2) is 11.5 Å². The second kappa shape index (κ2) is 8.19. The topological polar surface area (TPSA) is 64.8 Å². The van der Waals surface area contributed by atoms with E-state index in [0.29, 0.717) is 23.6 Å². The summed E-state index contributed by atoms with van der Waals surface area (Å²) in [7, 11) is 1.57. The Kier molecular flexibility index (Phi) is 5.73. The molecular weight excluding hydrogens is 335 g/mol. The van der Waals surface area contributed by atoms with Crippen LogP contribution in [0.2, 0.25) is 0 Å². The smallest absolute Gasteiger partial charge is 0.234 e. The van der Waals surface area contributed by atoms with Gasteiger partial charge < -0.3 is 15.2 Å². The van der Waals surface area contributed by atoms with Crippen LogP contribution in [0.5, 0.6) is 11.5 Å². The minimum absolute atomic E-state index is 0.123. The quantitative estimate of drug-likeness (QED) is 0.827. The third-order valence-corrected chi connectivity index (χ3v) is 4.65. The number of carbonyl (C=O) groups is 1. The molecule has 0 saturated carbocycles. The highest BCUT2D eigenvalue weighted by molar-refractivity contribution is 5.80. The fraction of sp³-hybridized carbons (Fsp3) is 0.350. The van der Waals surface area contributed by atoms with Gasteiger partial charge in [-0.2, -0.15) is 0 Å². The molecule has 5 nitrogen and oxygen atoms in total. The average Bonchev–Trinajstić information content (AvgIpc) is 3.10. The molecule has 1 amide bonds. The first kappa shape index (κ1) is 18.2. The van der Waals surface area contributed by atoms with Crippen LogP contribution in [0, 0.1) is 5.82 Å². The predicted molar refractivity (Wildman–Crippen MR) is 96.4 cm³/mol. The third kappa shape index (κ3) is 4.14. The van der Waals surface area contributed by atoms with Crippen molar-refractivity contribution in [1.82, 2.24) is 4.90 Å². The van der Waals surface area contributed by atoms with Crippen LogP contribution in [-0.4, -0.2) is 30.5 Å². The first-order chi connectivity index (χ1) is 12.6. The maximum Gasteiger partial charge on any atom is 0.234 e. The molecule has 1 aliphatic heterocycles. The Labute approximate surface area is 152 Å². The number of hydrogen-bond donors (Lipinski definition) is 1. The van der Waals surface area contributed by atoms with E-state index in [4.69, 9.17) is 15.2 Å². The molecule has 1 saturated heterocycles. The van der Waals surface area contributed by atoms with E-state index < -0.39 is 0 Å². The fourth-order valence-electron chi connectivity index (χ4n) is 3.27. The Balaban J connectivity index is 1.69. The number of primary amides is 1. The number of amides is 1. The van der Waals surface area contributed by atoms with Crippen molar-refractivity contribution < 1.29 is 18.7 Å². The molecular formula is C20H23FN2O3. The molecule has 0 bridgehead atoms. The second-order valence-electron chi connectivity index (χ2n) is 6.40. The number of nitrogens with zero attached hydrogens (tertiary/aromatic N) is 1. The molecule has 3 rings (SSSR count). The Bertz CT molecular complexity index is 781. The van der Waals surface area contributed by atoms with Gasteiger partial charge in [-0.05, 0) is 43.1 Å².